The van der Waals surface area contributed by atoms with Crippen LogP contribution in [0.25, 0.3) is 10.9 Å². The van der Waals surface area contributed by atoms with Crippen LogP contribution in [-0.4, -0.2) is 25.9 Å². The lowest BCUT2D eigenvalue weighted by molar-refractivity contribution is 0.101. The highest BCUT2D eigenvalue weighted by atomic mass is 32.1. The normalized spacial score (nSPS) is 11.1. The standard InChI is InChI=1S/C15H15N5O2S/c1-8(2)14-17-18-15(23-14)16-13(22)11-12(21)9-6-4-5-7-10(9)20(3)19-11/h4-8H,1-3H3,(H,16,18,22). The molecule has 7 nitrogen and oxygen atoms in total. The summed E-state index contributed by atoms with van der Waals surface area (Å²) in [5, 5.41) is 16.2. The van der Waals surface area contributed by atoms with Crippen LogP contribution in [0.2, 0.25) is 0 Å². The lowest BCUT2D eigenvalue weighted by Gasteiger charge is -2.06. The monoisotopic (exact) mass is 329 g/mol. The van der Waals surface area contributed by atoms with Crippen LogP contribution >= 0.6 is 11.3 Å². The van der Waals surface area contributed by atoms with Gasteiger partial charge < -0.3 is 0 Å². The van der Waals surface area contributed by atoms with Gasteiger partial charge in [-0.1, -0.05) is 37.3 Å². The Morgan fingerprint density at radius 1 is 1.26 bits per heavy atom. The average molecular weight is 329 g/mol. The number of fused-ring (bicyclic) bond motifs is 1. The summed E-state index contributed by atoms with van der Waals surface area (Å²) >= 11 is 1.29. The minimum absolute atomic E-state index is 0.160. The molecule has 0 radical (unpaired) electrons. The number of nitrogens with zero attached hydrogens (tertiary/aromatic N) is 4. The third kappa shape index (κ3) is 2.85. The maximum atomic E-state index is 12.5. The largest absolute Gasteiger partial charge is 0.295 e. The van der Waals surface area contributed by atoms with Crippen molar-refractivity contribution in [2.24, 2.45) is 7.05 Å². The molecule has 0 aliphatic heterocycles. The predicted molar refractivity (Wildman–Crippen MR) is 88.9 cm³/mol. The number of aromatic nitrogens is 4. The number of benzene rings is 1. The number of amides is 1. The topological polar surface area (TPSA) is 89.8 Å². The molecule has 0 aliphatic carbocycles. The van der Waals surface area contributed by atoms with Crippen molar-refractivity contribution < 1.29 is 4.79 Å². The van der Waals surface area contributed by atoms with Crippen molar-refractivity contribution in [1.29, 1.82) is 0 Å². The maximum Gasteiger partial charge on any atom is 0.282 e. The number of para-hydroxylation sites is 1. The van der Waals surface area contributed by atoms with Gasteiger partial charge in [-0.15, -0.1) is 10.2 Å². The molecule has 0 aliphatic rings. The van der Waals surface area contributed by atoms with E-state index in [0.29, 0.717) is 16.0 Å². The zero-order chi connectivity index (χ0) is 16.6. The number of aryl methyl sites for hydroxylation is 1. The minimum Gasteiger partial charge on any atom is -0.295 e. The highest BCUT2D eigenvalue weighted by Gasteiger charge is 2.18. The van der Waals surface area contributed by atoms with Crippen LogP contribution in [0.4, 0.5) is 5.13 Å². The average Bonchev–Trinajstić information content (AvgIpc) is 2.99. The number of rotatable bonds is 3. The van der Waals surface area contributed by atoms with Gasteiger partial charge in [0.05, 0.1) is 5.52 Å². The molecule has 8 heteroatoms. The molecule has 0 bridgehead atoms. The first kappa shape index (κ1) is 15.3. The first-order valence-corrected chi connectivity index (χ1v) is 7.90. The second-order valence-corrected chi connectivity index (χ2v) is 6.38. The first-order valence-electron chi connectivity index (χ1n) is 7.08. The second kappa shape index (κ2) is 5.88. The molecule has 0 fully saturated rings. The van der Waals surface area contributed by atoms with E-state index in [1.54, 1.807) is 25.2 Å². The van der Waals surface area contributed by atoms with Gasteiger partial charge >= 0.3 is 0 Å². The van der Waals surface area contributed by atoms with Crippen LogP contribution in [-0.2, 0) is 7.05 Å². The third-order valence-electron chi connectivity index (χ3n) is 3.33. The Morgan fingerprint density at radius 2 is 2.00 bits per heavy atom. The fraction of sp³-hybridized carbons (Fsp3) is 0.267. The zero-order valence-corrected chi connectivity index (χ0v) is 13.7. The van der Waals surface area contributed by atoms with E-state index in [0.717, 1.165) is 5.01 Å². The molecule has 3 aromatic rings. The molecule has 3 rings (SSSR count). The van der Waals surface area contributed by atoms with Gasteiger partial charge in [0.1, 0.15) is 5.01 Å². The third-order valence-corrected chi connectivity index (χ3v) is 4.47. The zero-order valence-electron chi connectivity index (χ0n) is 12.9. The van der Waals surface area contributed by atoms with Crippen LogP contribution < -0.4 is 10.7 Å². The van der Waals surface area contributed by atoms with E-state index in [-0.39, 0.29) is 11.6 Å². The van der Waals surface area contributed by atoms with E-state index in [1.165, 1.54) is 16.0 Å². The number of hydrogen-bond acceptors (Lipinski definition) is 6. The summed E-state index contributed by atoms with van der Waals surface area (Å²) in [6.07, 6.45) is 0. The van der Waals surface area contributed by atoms with E-state index in [2.05, 4.69) is 20.6 Å². The number of carbonyl (C=O) groups excluding carboxylic acids is 1. The molecular formula is C15H15N5O2S. The lowest BCUT2D eigenvalue weighted by Crippen LogP contribution is -2.26. The van der Waals surface area contributed by atoms with Crippen molar-refractivity contribution in [3.8, 4) is 0 Å². The Labute approximate surface area is 136 Å². The van der Waals surface area contributed by atoms with Crippen molar-refractivity contribution in [1.82, 2.24) is 20.0 Å². The van der Waals surface area contributed by atoms with Crippen LogP contribution in [0, 0.1) is 0 Å². The maximum absolute atomic E-state index is 12.5. The molecule has 2 heterocycles. The summed E-state index contributed by atoms with van der Waals surface area (Å²) in [6.45, 7) is 3.99. The molecule has 0 unspecified atom stereocenters. The van der Waals surface area contributed by atoms with E-state index in [9.17, 15) is 9.59 Å². The Balaban J connectivity index is 1.97. The smallest absolute Gasteiger partial charge is 0.282 e. The van der Waals surface area contributed by atoms with E-state index >= 15 is 0 Å². The highest BCUT2D eigenvalue weighted by molar-refractivity contribution is 7.15. The summed E-state index contributed by atoms with van der Waals surface area (Å²) < 4.78 is 1.52. The number of anilines is 1. The molecule has 1 amide bonds. The Kier molecular flexibility index (Phi) is 3.91. The Morgan fingerprint density at radius 3 is 2.70 bits per heavy atom. The van der Waals surface area contributed by atoms with Gasteiger partial charge in [0.25, 0.3) is 5.91 Å². The van der Waals surface area contributed by atoms with Crippen molar-refractivity contribution in [2.75, 3.05) is 5.32 Å². The van der Waals surface area contributed by atoms with Gasteiger partial charge in [0.2, 0.25) is 10.6 Å². The van der Waals surface area contributed by atoms with Gasteiger partial charge in [-0.05, 0) is 12.1 Å². The van der Waals surface area contributed by atoms with Gasteiger partial charge in [-0.25, -0.2) is 0 Å². The van der Waals surface area contributed by atoms with Crippen LogP contribution in [0.3, 0.4) is 0 Å². The van der Waals surface area contributed by atoms with E-state index in [4.69, 9.17) is 0 Å². The highest BCUT2D eigenvalue weighted by Crippen LogP contribution is 2.22. The van der Waals surface area contributed by atoms with Crippen molar-refractivity contribution in [3.63, 3.8) is 0 Å². The summed E-state index contributed by atoms with van der Waals surface area (Å²) in [7, 11) is 1.69. The molecule has 0 spiro atoms. The molecule has 0 atom stereocenters. The summed E-state index contributed by atoms with van der Waals surface area (Å²) in [5.41, 5.74) is 0.115. The molecule has 1 aromatic carbocycles. The van der Waals surface area contributed by atoms with Crippen LogP contribution in [0.15, 0.2) is 29.1 Å². The van der Waals surface area contributed by atoms with Crippen LogP contribution in [0.1, 0.15) is 35.3 Å². The van der Waals surface area contributed by atoms with Crippen LogP contribution in [0.5, 0.6) is 0 Å². The summed E-state index contributed by atoms with van der Waals surface area (Å²) in [4.78, 5) is 24.8. The van der Waals surface area contributed by atoms with Gasteiger partial charge in [0, 0.05) is 18.4 Å². The predicted octanol–water partition coefficient (Wildman–Crippen LogP) is 2.16. The summed E-state index contributed by atoms with van der Waals surface area (Å²) in [6, 6.07) is 7.03. The molecule has 0 saturated heterocycles. The molecular weight excluding hydrogens is 314 g/mol. The van der Waals surface area contributed by atoms with Crippen molar-refractivity contribution in [3.05, 3.63) is 45.2 Å². The molecule has 0 saturated carbocycles. The Hall–Kier alpha value is -2.61. The number of hydrogen-bond donors (Lipinski definition) is 1. The Bertz CT molecular complexity index is 944. The number of nitrogens with one attached hydrogen (secondary N) is 1. The second-order valence-electron chi connectivity index (χ2n) is 5.37. The lowest BCUT2D eigenvalue weighted by atomic mass is 10.2. The SMILES string of the molecule is CC(C)c1nnc(NC(=O)c2nn(C)c3ccccc3c2=O)s1. The molecule has 2 aromatic heterocycles. The van der Waals surface area contributed by atoms with E-state index < -0.39 is 11.3 Å². The summed E-state index contributed by atoms with van der Waals surface area (Å²) in [5.74, 6) is -0.354. The molecule has 1 N–H and O–H groups in total. The minimum atomic E-state index is -0.581. The van der Waals surface area contributed by atoms with Crippen molar-refractivity contribution in [2.45, 2.75) is 19.8 Å². The fourth-order valence-electron chi connectivity index (χ4n) is 2.15. The van der Waals surface area contributed by atoms with Gasteiger partial charge in [0.15, 0.2) is 5.69 Å². The van der Waals surface area contributed by atoms with Gasteiger partial charge in [-0.3, -0.25) is 19.6 Å². The number of carbonyl (C=O) groups is 1. The van der Waals surface area contributed by atoms with Crippen molar-refractivity contribution >= 4 is 33.3 Å². The molecule has 23 heavy (non-hydrogen) atoms. The quantitative estimate of drug-likeness (QED) is 0.795. The molecule has 118 valence electrons. The van der Waals surface area contributed by atoms with Gasteiger partial charge in [-0.2, -0.15) is 5.10 Å². The van der Waals surface area contributed by atoms with E-state index in [1.807, 2.05) is 19.9 Å². The fourth-order valence-corrected chi connectivity index (χ4v) is 2.89. The first-order chi connectivity index (χ1) is 11.0.